The van der Waals surface area contributed by atoms with Gasteiger partial charge in [-0.05, 0) is 63.5 Å². The number of amides is 2. The summed E-state index contributed by atoms with van der Waals surface area (Å²) in [4.78, 5) is 27.2. The smallest absolute Gasteiger partial charge is 0.257 e. The zero-order valence-electron chi connectivity index (χ0n) is 21.9. The van der Waals surface area contributed by atoms with Crippen LogP contribution in [0, 0.1) is 11.8 Å². The lowest BCUT2D eigenvalue weighted by Crippen LogP contribution is -2.31. The Morgan fingerprint density at radius 1 is 1.03 bits per heavy atom. The number of ether oxygens (including phenoxy) is 2. The van der Waals surface area contributed by atoms with Crippen molar-refractivity contribution in [3.05, 3.63) is 77.0 Å². The second-order valence-corrected chi connectivity index (χ2v) is 8.85. The van der Waals surface area contributed by atoms with Crippen LogP contribution in [0.5, 0.6) is 5.75 Å². The van der Waals surface area contributed by atoms with Gasteiger partial charge in [0.1, 0.15) is 11.9 Å². The first-order valence-corrected chi connectivity index (χ1v) is 11.9. The predicted octanol–water partition coefficient (Wildman–Crippen LogP) is 2.78. The number of carbonyl (C=O) groups excluding carboxylic acids is 2. The van der Waals surface area contributed by atoms with Crippen molar-refractivity contribution in [2.75, 3.05) is 46.2 Å². The van der Waals surface area contributed by atoms with Gasteiger partial charge in [-0.15, -0.1) is 0 Å². The molecule has 2 aromatic carbocycles. The number of rotatable bonds is 10. The van der Waals surface area contributed by atoms with Gasteiger partial charge in [-0.3, -0.25) is 14.3 Å². The van der Waals surface area contributed by atoms with Gasteiger partial charge in [0.2, 0.25) is 0 Å². The minimum atomic E-state index is -0.323. The van der Waals surface area contributed by atoms with Crippen molar-refractivity contribution < 1.29 is 19.1 Å². The van der Waals surface area contributed by atoms with Crippen molar-refractivity contribution in [1.82, 2.24) is 20.0 Å². The quantitative estimate of drug-likeness (QED) is 0.413. The average Bonchev–Trinajstić information content (AvgIpc) is 3.27. The van der Waals surface area contributed by atoms with Crippen LogP contribution in [-0.2, 0) is 11.8 Å². The number of benzene rings is 2. The molecule has 0 aliphatic rings. The summed E-state index contributed by atoms with van der Waals surface area (Å²) in [7, 11) is 7.29. The molecule has 2 amide bonds. The first-order valence-electron chi connectivity index (χ1n) is 11.9. The SMILES string of the molecule is COC[C@H](C)Oc1cc(C#Cc2ccc(C(=O)NCCN(C)C)cc2)cc(C(=O)Nc2ccn(C)n2)c1. The Labute approximate surface area is 217 Å². The van der Waals surface area contributed by atoms with E-state index in [1.54, 1.807) is 73.6 Å². The molecule has 0 bridgehead atoms. The number of anilines is 1. The molecule has 1 atom stereocenters. The molecule has 1 heterocycles. The molecule has 0 radical (unpaired) electrons. The number of carbonyl (C=O) groups is 2. The number of nitrogens with one attached hydrogen (secondary N) is 2. The maximum Gasteiger partial charge on any atom is 0.257 e. The lowest BCUT2D eigenvalue weighted by molar-refractivity contribution is 0.0917. The van der Waals surface area contributed by atoms with Crippen molar-refractivity contribution in [2.45, 2.75) is 13.0 Å². The van der Waals surface area contributed by atoms with E-state index < -0.39 is 0 Å². The molecular weight excluding hydrogens is 470 g/mol. The summed E-state index contributed by atoms with van der Waals surface area (Å²) in [5.74, 6) is 6.70. The van der Waals surface area contributed by atoms with E-state index in [0.717, 1.165) is 12.1 Å². The number of likely N-dealkylation sites (N-methyl/N-ethyl adjacent to an activating group) is 1. The fourth-order valence-electron chi connectivity index (χ4n) is 3.39. The van der Waals surface area contributed by atoms with Crippen LogP contribution in [0.15, 0.2) is 54.7 Å². The summed E-state index contributed by atoms with van der Waals surface area (Å²) < 4.78 is 12.7. The molecule has 0 fully saturated rings. The highest BCUT2D eigenvalue weighted by molar-refractivity contribution is 6.04. The van der Waals surface area contributed by atoms with E-state index in [0.29, 0.717) is 41.4 Å². The monoisotopic (exact) mass is 503 g/mol. The number of hydrogen-bond donors (Lipinski definition) is 2. The van der Waals surface area contributed by atoms with Crippen LogP contribution in [0.4, 0.5) is 5.82 Å². The van der Waals surface area contributed by atoms with E-state index >= 15 is 0 Å². The summed E-state index contributed by atoms with van der Waals surface area (Å²) in [5.41, 5.74) is 2.31. The van der Waals surface area contributed by atoms with Gasteiger partial charge < -0.3 is 25.0 Å². The molecule has 0 saturated heterocycles. The predicted molar refractivity (Wildman–Crippen MR) is 143 cm³/mol. The van der Waals surface area contributed by atoms with E-state index in [-0.39, 0.29) is 17.9 Å². The molecule has 0 unspecified atom stereocenters. The normalized spacial score (nSPS) is 11.4. The highest BCUT2D eigenvalue weighted by Crippen LogP contribution is 2.20. The van der Waals surface area contributed by atoms with E-state index in [1.807, 2.05) is 25.9 Å². The Hall–Kier alpha value is -4.13. The maximum atomic E-state index is 12.9. The zero-order valence-corrected chi connectivity index (χ0v) is 21.9. The largest absolute Gasteiger partial charge is 0.488 e. The highest BCUT2D eigenvalue weighted by Gasteiger charge is 2.13. The fourth-order valence-corrected chi connectivity index (χ4v) is 3.39. The van der Waals surface area contributed by atoms with Crippen LogP contribution in [0.25, 0.3) is 0 Å². The average molecular weight is 504 g/mol. The number of methoxy groups -OCH3 is 1. The number of aryl methyl sites for hydroxylation is 1. The first kappa shape index (κ1) is 27.5. The van der Waals surface area contributed by atoms with Gasteiger partial charge in [-0.2, -0.15) is 5.10 Å². The summed E-state index contributed by atoms with van der Waals surface area (Å²) in [6.07, 6.45) is 1.54. The Morgan fingerprint density at radius 3 is 2.41 bits per heavy atom. The van der Waals surface area contributed by atoms with Crippen LogP contribution < -0.4 is 15.4 Å². The Morgan fingerprint density at radius 2 is 1.76 bits per heavy atom. The Kier molecular flexibility index (Phi) is 9.84. The van der Waals surface area contributed by atoms with Gasteiger partial charge in [-0.1, -0.05) is 11.8 Å². The van der Waals surface area contributed by atoms with Gasteiger partial charge in [0.15, 0.2) is 5.82 Å². The third-order valence-electron chi connectivity index (χ3n) is 5.21. The van der Waals surface area contributed by atoms with Gasteiger partial charge in [-0.25, -0.2) is 0 Å². The maximum absolute atomic E-state index is 12.9. The summed E-state index contributed by atoms with van der Waals surface area (Å²) >= 11 is 0. The van der Waals surface area contributed by atoms with Crippen molar-refractivity contribution in [2.24, 2.45) is 7.05 Å². The number of hydrogen-bond acceptors (Lipinski definition) is 6. The van der Waals surface area contributed by atoms with E-state index in [9.17, 15) is 9.59 Å². The van der Waals surface area contributed by atoms with Crippen LogP contribution >= 0.6 is 0 Å². The van der Waals surface area contributed by atoms with Crippen molar-refractivity contribution in [3.8, 4) is 17.6 Å². The van der Waals surface area contributed by atoms with Crippen molar-refractivity contribution >= 4 is 17.6 Å². The second-order valence-electron chi connectivity index (χ2n) is 8.85. The van der Waals surface area contributed by atoms with E-state index in [1.165, 1.54) is 0 Å². The molecule has 0 saturated carbocycles. The van der Waals surface area contributed by atoms with Gasteiger partial charge >= 0.3 is 0 Å². The first-order chi connectivity index (χ1) is 17.7. The molecule has 3 aromatic rings. The molecule has 0 aliphatic carbocycles. The molecule has 2 N–H and O–H groups in total. The molecule has 3 rings (SSSR count). The second kappa shape index (κ2) is 13.3. The van der Waals surface area contributed by atoms with Crippen molar-refractivity contribution in [3.63, 3.8) is 0 Å². The molecule has 0 aliphatic heterocycles. The fraction of sp³-hybridized carbons (Fsp3) is 0.321. The minimum Gasteiger partial charge on any atom is -0.488 e. The molecule has 37 heavy (non-hydrogen) atoms. The van der Waals surface area contributed by atoms with Gasteiger partial charge in [0.05, 0.1) is 6.61 Å². The third-order valence-corrected chi connectivity index (χ3v) is 5.21. The molecule has 194 valence electrons. The highest BCUT2D eigenvalue weighted by atomic mass is 16.5. The molecule has 1 aromatic heterocycles. The van der Waals surface area contributed by atoms with Gasteiger partial charge in [0.25, 0.3) is 11.8 Å². The Balaban J connectivity index is 1.79. The summed E-state index contributed by atoms with van der Waals surface area (Å²) in [6.45, 7) is 3.63. The molecular formula is C28H33N5O4. The zero-order chi connectivity index (χ0) is 26.8. The number of aromatic nitrogens is 2. The summed E-state index contributed by atoms with van der Waals surface area (Å²) in [6, 6.07) is 13.9. The standard InChI is InChI=1S/C28H33N5O4/c1-20(19-36-5)37-25-17-22(16-24(18-25)28(35)30-26-12-14-33(4)31-26)7-6-21-8-10-23(11-9-21)27(34)29-13-15-32(2)3/h8-12,14,16-18,20H,13,15,19H2,1-5H3,(H,29,34)(H,30,31,35)/t20-/m0/s1. The van der Waals surface area contributed by atoms with Crippen LogP contribution in [0.2, 0.25) is 0 Å². The third kappa shape index (κ3) is 8.79. The van der Waals surface area contributed by atoms with E-state index in [4.69, 9.17) is 9.47 Å². The number of nitrogens with zero attached hydrogens (tertiary/aromatic N) is 3. The molecule has 0 spiro atoms. The van der Waals surface area contributed by atoms with Crippen LogP contribution in [0.3, 0.4) is 0 Å². The van der Waals surface area contributed by atoms with Crippen molar-refractivity contribution in [1.29, 1.82) is 0 Å². The van der Waals surface area contributed by atoms with Gasteiger partial charge in [0, 0.05) is 61.8 Å². The molecule has 9 nitrogen and oxygen atoms in total. The Bertz CT molecular complexity index is 1270. The van der Waals surface area contributed by atoms with E-state index in [2.05, 4.69) is 27.6 Å². The van der Waals surface area contributed by atoms with Crippen LogP contribution in [0.1, 0.15) is 38.8 Å². The lowest BCUT2D eigenvalue weighted by atomic mass is 10.1. The minimum absolute atomic E-state index is 0.125. The lowest BCUT2D eigenvalue weighted by Gasteiger charge is -2.15. The topological polar surface area (TPSA) is 97.7 Å². The molecule has 9 heteroatoms. The van der Waals surface area contributed by atoms with Crippen LogP contribution in [-0.4, -0.2) is 73.5 Å². The summed E-state index contributed by atoms with van der Waals surface area (Å²) in [5, 5.41) is 9.87.